The number of aromatic carboxylic acids is 1. The van der Waals surface area contributed by atoms with Crippen molar-refractivity contribution in [3.8, 4) is 0 Å². The first-order valence-corrected chi connectivity index (χ1v) is 20.5. The van der Waals surface area contributed by atoms with Gasteiger partial charge in [-0.25, -0.2) is 24.4 Å². The number of aromatic nitrogens is 5. The lowest BCUT2D eigenvalue weighted by Crippen LogP contribution is -2.50. The van der Waals surface area contributed by atoms with Gasteiger partial charge in [-0.3, -0.25) is 4.57 Å². The van der Waals surface area contributed by atoms with Gasteiger partial charge in [0, 0.05) is 56.9 Å². The molecule has 0 bridgehead atoms. The van der Waals surface area contributed by atoms with Crippen LogP contribution < -0.4 is 25.8 Å². The highest BCUT2D eigenvalue weighted by molar-refractivity contribution is 5.87. The molecular weight excluding hydrogens is 846 g/mol. The van der Waals surface area contributed by atoms with Crippen LogP contribution in [0.5, 0.6) is 0 Å². The number of nitrogens with one attached hydrogen (secondary N) is 3. The summed E-state index contributed by atoms with van der Waals surface area (Å²) in [7, 11) is 0. The molecule has 22 heteroatoms. The van der Waals surface area contributed by atoms with Gasteiger partial charge < -0.3 is 56.0 Å². The Kier molecular flexibility index (Phi) is 14.1. The monoisotopic (exact) mass is 892 g/mol. The van der Waals surface area contributed by atoms with Gasteiger partial charge in [-0.2, -0.15) is 23.1 Å². The zero-order valence-corrected chi connectivity index (χ0v) is 34.1. The number of aliphatic carboxylic acids is 1. The van der Waals surface area contributed by atoms with Crippen LogP contribution in [0.3, 0.4) is 0 Å². The van der Waals surface area contributed by atoms with Gasteiger partial charge in [-0.05, 0) is 42.5 Å². The molecule has 3 aliphatic rings. The number of carbonyl (C=O) groups excluding carboxylic acids is 1. The standard InChI is InChI=1S/C40H46N10O7.C2HF3O2/c51-22-30-33(52)34(53)37(57-30)50-23-43-32-35(42-20-29(24-7-3-1-4-8-24)25-9-5-2-6-10-25)46-39(47-36(32)50)49-18-15-28(21-49)45-40(56)44-27-13-16-48(17-14-27)31-12-11-26(19-41-31)38(54)55;3-2(4,5)1(6)7/h1-12,19,23,27-30,33-34,37,51-53H,13-18,20-22H2,(H,54,55)(H,42,46,47)(H2,44,45,56);(H,6,7)/t28-,30-,33-,34-,37-;/m1./s1. The molecule has 5 aromatic rings. The van der Waals surface area contributed by atoms with Crippen molar-refractivity contribution in [2.75, 3.05) is 54.4 Å². The van der Waals surface area contributed by atoms with Crippen LogP contribution in [-0.2, 0) is 9.53 Å². The van der Waals surface area contributed by atoms with Gasteiger partial charge in [-0.15, -0.1) is 0 Å². The number of hydrogen-bond donors (Lipinski definition) is 8. The fraction of sp³-hybridized carbons (Fsp3) is 0.405. The van der Waals surface area contributed by atoms with Crippen LogP contribution in [0.2, 0.25) is 0 Å². The largest absolute Gasteiger partial charge is 0.490 e. The predicted molar refractivity (Wildman–Crippen MR) is 224 cm³/mol. The number of carboxylic acid groups (broad SMARTS) is 2. The molecule has 2 aromatic carbocycles. The molecule has 2 amide bonds. The summed E-state index contributed by atoms with van der Waals surface area (Å²) in [4.78, 5) is 56.1. The van der Waals surface area contributed by atoms with Crippen molar-refractivity contribution in [1.29, 1.82) is 0 Å². The van der Waals surface area contributed by atoms with E-state index in [1.165, 1.54) is 12.5 Å². The third-order valence-electron chi connectivity index (χ3n) is 11.3. The number of halogens is 3. The molecule has 5 atom stereocenters. The number of benzene rings is 2. The minimum Gasteiger partial charge on any atom is -0.478 e. The van der Waals surface area contributed by atoms with Gasteiger partial charge >= 0.3 is 24.1 Å². The summed E-state index contributed by atoms with van der Waals surface area (Å²) in [5.74, 6) is -2.20. The van der Waals surface area contributed by atoms with E-state index >= 15 is 0 Å². The number of imidazole rings is 1. The van der Waals surface area contributed by atoms with Crippen molar-refractivity contribution in [2.24, 2.45) is 0 Å². The van der Waals surface area contributed by atoms with Crippen molar-refractivity contribution in [2.45, 2.75) is 68.0 Å². The number of aliphatic hydroxyl groups is 3. The van der Waals surface area contributed by atoms with Crippen LogP contribution in [0.25, 0.3) is 11.2 Å². The number of alkyl halides is 3. The predicted octanol–water partition coefficient (Wildman–Crippen LogP) is 2.96. The van der Waals surface area contributed by atoms with Gasteiger partial charge in [0.2, 0.25) is 5.95 Å². The van der Waals surface area contributed by atoms with Crippen LogP contribution in [0, 0.1) is 0 Å². The molecule has 6 heterocycles. The van der Waals surface area contributed by atoms with E-state index in [-0.39, 0.29) is 29.6 Å². The second-order valence-electron chi connectivity index (χ2n) is 15.5. The number of carbonyl (C=O) groups is 3. The zero-order chi connectivity index (χ0) is 45.5. The number of ether oxygens (including phenoxy) is 1. The second-order valence-corrected chi connectivity index (χ2v) is 15.5. The molecule has 0 saturated carbocycles. The molecule has 64 heavy (non-hydrogen) atoms. The first kappa shape index (κ1) is 45.4. The molecule has 340 valence electrons. The van der Waals surface area contributed by atoms with Crippen molar-refractivity contribution in [3.05, 3.63) is 102 Å². The number of urea groups is 1. The number of anilines is 3. The Morgan fingerprint density at radius 2 is 1.42 bits per heavy atom. The fourth-order valence-electron chi connectivity index (χ4n) is 7.89. The highest BCUT2D eigenvalue weighted by Gasteiger charge is 2.44. The molecule has 0 unspecified atom stereocenters. The molecule has 3 aromatic heterocycles. The van der Waals surface area contributed by atoms with Crippen molar-refractivity contribution >= 4 is 46.7 Å². The molecule has 3 saturated heterocycles. The Morgan fingerprint density at radius 3 is 1.98 bits per heavy atom. The van der Waals surface area contributed by atoms with Crippen molar-refractivity contribution in [1.82, 2.24) is 35.1 Å². The van der Waals surface area contributed by atoms with Gasteiger partial charge in [0.25, 0.3) is 0 Å². The van der Waals surface area contributed by atoms with Gasteiger partial charge in [-0.1, -0.05) is 60.7 Å². The molecule has 0 aliphatic carbocycles. The Hall–Kier alpha value is -6.62. The average molecular weight is 893 g/mol. The smallest absolute Gasteiger partial charge is 0.478 e. The molecule has 3 aliphatic heterocycles. The van der Waals surface area contributed by atoms with Crippen molar-refractivity contribution < 1.29 is 57.8 Å². The van der Waals surface area contributed by atoms with Crippen LogP contribution in [0.15, 0.2) is 85.3 Å². The second kappa shape index (κ2) is 19.8. The normalized spacial score (nSPS) is 21.4. The van der Waals surface area contributed by atoms with Crippen molar-refractivity contribution in [3.63, 3.8) is 0 Å². The lowest BCUT2D eigenvalue weighted by Gasteiger charge is -2.33. The minimum atomic E-state index is -5.08. The van der Waals surface area contributed by atoms with E-state index in [4.69, 9.17) is 29.7 Å². The first-order chi connectivity index (χ1) is 30.7. The Balaban J connectivity index is 0.000000809. The van der Waals surface area contributed by atoms with E-state index in [0.717, 1.165) is 24.0 Å². The van der Waals surface area contributed by atoms with E-state index in [1.54, 1.807) is 16.7 Å². The lowest BCUT2D eigenvalue weighted by atomic mass is 9.91. The number of fused-ring (bicyclic) bond motifs is 1. The summed E-state index contributed by atoms with van der Waals surface area (Å²) in [6.45, 7) is 2.39. The van der Waals surface area contributed by atoms with E-state index in [1.807, 2.05) is 41.3 Å². The number of amides is 2. The number of carboxylic acids is 2. The summed E-state index contributed by atoms with van der Waals surface area (Å²) in [6.07, 6.45) is -4.79. The summed E-state index contributed by atoms with van der Waals surface area (Å²) in [6, 6.07) is 23.2. The van der Waals surface area contributed by atoms with Gasteiger partial charge in [0.1, 0.15) is 24.1 Å². The quantitative estimate of drug-likeness (QED) is 0.0896. The van der Waals surface area contributed by atoms with E-state index in [2.05, 4.69) is 55.1 Å². The van der Waals surface area contributed by atoms with E-state index < -0.39 is 49.3 Å². The number of nitrogens with zero attached hydrogens (tertiary/aromatic N) is 7. The van der Waals surface area contributed by atoms with Crippen LogP contribution in [-0.4, -0.2) is 144 Å². The van der Waals surface area contributed by atoms with E-state index in [0.29, 0.717) is 67.9 Å². The van der Waals surface area contributed by atoms with Crippen LogP contribution >= 0.6 is 0 Å². The first-order valence-electron chi connectivity index (χ1n) is 20.5. The topological polar surface area (TPSA) is 261 Å². The molecule has 0 spiro atoms. The molecule has 19 nitrogen and oxygen atoms in total. The Morgan fingerprint density at radius 1 is 0.812 bits per heavy atom. The number of hydrogen-bond acceptors (Lipinski definition) is 14. The third-order valence-corrected chi connectivity index (χ3v) is 11.3. The summed E-state index contributed by atoms with van der Waals surface area (Å²) in [5.41, 5.74) is 3.21. The summed E-state index contributed by atoms with van der Waals surface area (Å²) < 4.78 is 39.2. The highest BCUT2D eigenvalue weighted by atomic mass is 19.4. The molecule has 8 rings (SSSR count). The number of piperidine rings is 1. The maximum Gasteiger partial charge on any atom is 0.490 e. The van der Waals surface area contributed by atoms with Crippen LogP contribution in [0.4, 0.5) is 35.5 Å². The SMILES string of the molecule is O=C(NC1CCN(c2ccc(C(=O)O)cn2)CC1)N[C@@H]1CCN(c2nc(NCC(c3ccccc3)c3ccccc3)c3ncn([C@@H]4O[C@H](CO)[C@@H](O)[C@H]4O)c3n2)C1.O=C(O)C(F)(F)F. The molecule has 8 N–H and O–H groups in total. The Bertz CT molecular complexity index is 2330. The molecular formula is C42H47F3N10O9. The lowest BCUT2D eigenvalue weighted by molar-refractivity contribution is -0.192. The number of rotatable bonds is 12. The number of pyridine rings is 1. The maximum atomic E-state index is 13.2. The highest BCUT2D eigenvalue weighted by Crippen LogP contribution is 2.34. The fourth-order valence-corrected chi connectivity index (χ4v) is 7.89. The van der Waals surface area contributed by atoms with Gasteiger partial charge in [0.15, 0.2) is 23.2 Å². The zero-order valence-electron chi connectivity index (χ0n) is 34.1. The Labute approximate surface area is 363 Å². The molecule has 0 radical (unpaired) electrons. The molecule has 3 fully saturated rings. The minimum absolute atomic E-state index is 0.0171. The van der Waals surface area contributed by atoms with E-state index in [9.17, 15) is 38.1 Å². The summed E-state index contributed by atoms with van der Waals surface area (Å²) in [5, 5.41) is 57.3. The number of aliphatic hydroxyl groups excluding tert-OH is 3. The maximum absolute atomic E-state index is 13.2. The third kappa shape index (κ3) is 10.6. The van der Waals surface area contributed by atoms with Gasteiger partial charge in [0.05, 0.1) is 18.5 Å². The summed E-state index contributed by atoms with van der Waals surface area (Å²) >= 11 is 0. The average Bonchev–Trinajstić information content (AvgIpc) is 4.01. The van der Waals surface area contributed by atoms with Crippen LogP contribution in [0.1, 0.15) is 52.9 Å².